The maximum Gasteiger partial charge on any atom is 0.0457 e. The van der Waals surface area contributed by atoms with E-state index in [0.29, 0.717) is 0 Å². The van der Waals surface area contributed by atoms with Crippen LogP contribution in [-0.2, 0) is 0 Å². The third kappa shape index (κ3) is 5.96. The van der Waals surface area contributed by atoms with E-state index >= 15 is 0 Å². The van der Waals surface area contributed by atoms with Crippen molar-refractivity contribution >= 4 is 6.21 Å². The van der Waals surface area contributed by atoms with E-state index in [2.05, 4.69) is 25.9 Å². The molecule has 0 saturated carbocycles. The Bertz CT molecular complexity index is 151. The van der Waals surface area contributed by atoms with Crippen molar-refractivity contribution in [2.75, 3.05) is 6.54 Å². The lowest BCUT2D eigenvalue weighted by molar-refractivity contribution is 0.260. The molecular formula is C10H20N2. The van der Waals surface area contributed by atoms with E-state index in [-0.39, 0.29) is 5.41 Å². The molecule has 0 bridgehead atoms. The second-order valence-corrected chi connectivity index (χ2v) is 4.01. The fourth-order valence-corrected chi connectivity index (χ4v) is 0.938. The van der Waals surface area contributed by atoms with Gasteiger partial charge in [-0.05, 0) is 19.3 Å². The average molecular weight is 168 g/mol. The lowest BCUT2D eigenvalue weighted by atomic mass is 9.97. The summed E-state index contributed by atoms with van der Waals surface area (Å²) < 4.78 is 0. The highest BCUT2D eigenvalue weighted by molar-refractivity contribution is 5.52. The molecular weight excluding hydrogens is 148 g/mol. The van der Waals surface area contributed by atoms with Crippen LogP contribution < -0.4 is 0 Å². The van der Waals surface area contributed by atoms with E-state index in [4.69, 9.17) is 0 Å². The molecule has 70 valence electrons. The Labute approximate surface area is 76.0 Å². The van der Waals surface area contributed by atoms with Gasteiger partial charge in [-0.2, -0.15) is 5.10 Å². The zero-order chi connectivity index (χ0) is 9.61. The van der Waals surface area contributed by atoms with Gasteiger partial charge in [-0.3, -0.25) is 5.01 Å². The lowest BCUT2D eigenvalue weighted by Crippen LogP contribution is -2.24. The highest BCUT2D eigenvalue weighted by atomic mass is 15.4. The zero-order valence-corrected chi connectivity index (χ0v) is 8.83. The summed E-state index contributed by atoms with van der Waals surface area (Å²) in [5.74, 6) is 0. The van der Waals surface area contributed by atoms with E-state index in [1.807, 2.05) is 37.3 Å². The van der Waals surface area contributed by atoms with Crippen molar-refractivity contribution in [3.05, 3.63) is 12.3 Å². The van der Waals surface area contributed by atoms with Gasteiger partial charge >= 0.3 is 0 Å². The fourth-order valence-electron chi connectivity index (χ4n) is 0.938. The topological polar surface area (TPSA) is 15.6 Å². The number of allylic oxidation sites excluding steroid dienone is 1. The van der Waals surface area contributed by atoms with Gasteiger partial charge in [0, 0.05) is 19.0 Å². The predicted molar refractivity (Wildman–Crippen MR) is 55.1 cm³/mol. The van der Waals surface area contributed by atoms with Crippen molar-refractivity contribution in [2.45, 2.75) is 34.6 Å². The highest BCUT2D eigenvalue weighted by Gasteiger charge is 2.12. The third-order valence-corrected chi connectivity index (χ3v) is 1.22. The van der Waals surface area contributed by atoms with Crippen LogP contribution in [-0.4, -0.2) is 17.8 Å². The van der Waals surface area contributed by atoms with Gasteiger partial charge in [0.1, 0.15) is 0 Å². The summed E-state index contributed by atoms with van der Waals surface area (Å²) in [7, 11) is 0. The smallest absolute Gasteiger partial charge is 0.0457 e. The fraction of sp³-hybridized carbons (Fsp3) is 0.700. The molecule has 0 saturated heterocycles. The van der Waals surface area contributed by atoms with Crippen LogP contribution in [0, 0.1) is 5.41 Å². The molecule has 0 aromatic carbocycles. The SMILES string of the molecule is C/C=N\N(/C=C/C)CC(C)(C)C. The number of hydrogen-bond donors (Lipinski definition) is 0. The molecule has 0 aliphatic heterocycles. The summed E-state index contributed by atoms with van der Waals surface area (Å²) in [4.78, 5) is 0. The number of hydrogen-bond acceptors (Lipinski definition) is 2. The summed E-state index contributed by atoms with van der Waals surface area (Å²) in [6.45, 7) is 11.5. The van der Waals surface area contributed by atoms with E-state index in [9.17, 15) is 0 Å². The normalized spacial score (nSPS) is 13.1. The van der Waals surface area contributed by atoms with Crippen LogP contribution in [0.4, 0.5) is 0 Å². The first-order valence-corrected chi connectivity index (χ1v) is 4.37. The predicted octanol–water partition coefficient (Wildman–Crippen LogP) is 2.87. The minimum Gasteiger partial charge on any atom is -0.273 e. The van der Waals surface area contributed by atoms with Crippen molar-refractivity contribution in [3.8, 4) is 0 Å². The van der Waals surface area contributed by atoms with Gasteiger partial charge in [0.2, 0.25) is 0 Å². The van der Waals surface area contributed by atoms with Gasteiger partial charge < -0.3 is 0 Å². The molecule has 0 spiro atoms. The monoisotopic (exact) mass is 168 g/mol. The second kappa shape index (κ2) is 4.96. The summed E-state index contributed by atoms with van der Waals surface area (Å²) in [6, 6.07) is 0. The summed E-state index contributed by atoms with van der Waals surface area (Å²) >= 11 is 0. The Hall–Kier alpha value is -0.790. The Morgan fingerprint density at radius 2 is 1.83 bits per heavy atom. The molecule has 0 N–H and O–H groups in total. The molecule has 0 aromatic heterocycles. The van der Waals surface area contributed by atoms with E-state index in [0.717, 1.165) is 6.54 Å². The molecule has 0 atom stereocenters. The van der Waals surface area contributed by atoms with E-state index in [1.165, 1.54) is 0 Å². The first-order valence-electron chi connectivity index (χ1n) is 4.37. The van der Waals surface area contributed by atoms with Gasteiger partial charge in [0.25, 0.3) is 0 Å². The van der Waals surface area contributed by atoms with Crippen LogP contribution >= 0.6 is 0 Å². The minimum absolute atomic E-state index is 0.284. The van der Waals surface area contributed by atoms with Gasteiger partial charge in [0.05, 0.1) is 0 Å². The van der Waals surface area contributed by atoms with Crippen molar-refractivity contribution in [2.24, 2.45) is 10.5 Å². The molecule has 2 nitrogen and oxygen atoms in total. The number of hydrazone groups is 1. The van der Waals surface area contributed by atoms with Crippen molar-refractivity contribution in [3.63, 3.8) is 0 Å². The quantitative estimate of drug-likeness (QED) is 0.467. The van der Waals surface area contributed by atoms with Crippen molar-refractivity contribution in [1.82, 2.24) is 5.01 Å². The average Bonchev–Trinajstić information content (AvgIpc) is 1.84. The standard InChI is InChI=1S/C10H20N2/c1-6-8-12(11-7-2)9-10(3,4)5/h6-8H,9H2,1-5H3/b8-6+,11-7-. The molecule has 0 radical (unpaired) electrons. The Kier molecular flexibility index (Phi) is 4.64. The zero-order valence-electron chi connectivity index (χ0n) is 8.83. The van der Waals surface area contributed by atoms with Crippen molar-refractivity contribution < 1.29 is 0 Å². The molecule has 0 rings (SSSR count). The largest absolute Gasteiger partial charge is 0.273 e. The highest BCUT2D eigenvalue weighted by Crippen LogP contribution is 2.15. The molecule has 0 fully saturated rings. The van der Waals surface area contributed by atoms with E-state index < -0.39 is 0 Å². The van der Waals surface area contributed by atoms with Crippen LogP contribution in [0.25, 0.3) is 0 Å². The third-order valence-electron chi connectivity index (χ3n) is 1.22. The number of rotatable bonds is 3. The van der Waals surface area contributed by atoms with E-state index in [1.54, 1.807) is 0 Å². The maximum absolute atomic E-state index is 4.22. The minimum atomic E-state index is 0.284. The van der Waals surface area contributed by atoms with Crippen LogP contribution in [0.15, 0.2) is 17.4 Å². The Morgan fingerprint density at radius 3 is 2.17 bits per heavy atom. The summed E-state index contributed by atoms with van der Waals surface area (Å²) in [6.07, 6.45) is 5.80. The second-order valence-electron chi connectivity index (χ2n) is 4.01. The first kappa shape index (κ1) is 11.2. The van der Waals surface area contributed by atoms with Gasteiger partial charge in [-0.15, -0.1) is 0 Å². The maximum atomic E-state index is 4.22. The van der Waals surface area contributed by atoms with Crippen LogP contribution in [0.2, 0.25) is 0 Å². The molecule has 12 heavy (non-hydrogen) atoms. The lowest BCUT2D eigenvalue weighted by Gasteiger charge is -2.24. The van der Waals surface area contributed by atoms with Crippen molar-refractivity contribution in [1.29, 1.82) is 0 Å². The molecule has 0 unspecified atom stereocenters. The Morgan fingerprint density at radius 1 is 1.25 bits per heavy atom. The summed E-state index contributed by atoms with van der Waals surface area (Å²) in [5.41, 5.74) is 0.284. The van der Waals surface area contributed by atoms with Gasteiger partial charge in [-0.1, -0.05) is 26.8 Å². The molecule has 0 aromatic rings. The van der Waals surface area contributed by atoms with Crippen LogP contribution in [0.1, 0.15) is 34.6 Å². The molecule has 0 aliphatic carbocycles. The molecule has 2 heteroatoms. The van der Waals surface area contributed by atoms with Crippen LogP contribution in [0.5, 0.6) is 0 Å². The van der Waals surface area contributed by atoms with Crippen LogP contribution in [0.3, 0.4) is 0 Å². The molecule has 0 heterocycles. The first-order chi connectivity index (χ1) is 5.49. The summed E-state index contributed by atoms with van der Waals surface area (Å²) in [5, 5.41) is 6.18. The Balaban J connectivity index is 4.14. The van der Waals surface area contributed by atoms with Gasteiger partial charge in [0.15, 0.2) is 0 Å². The number of nitrogens with zero attached hydrogens (tertiary/aromatic N) is 2. The molecule has 0 aliphatic rings. The molecule has 0 amide bonds. The van der Waals surface area contributed by atoms with Gasteiger partial charge in [-0.25, -0.2) is 0 Å².